The second-order valence-electron chi connectivity index (χ2n) is 4.13. The van der Waals surface area contributed by atoms with Crippen LogP contribution in [-0.4, -0.2) is 19.7 Å². The van der Waals surface area contributed by atoms with Crippen LogP contribution in [0.1, 0.15) is 24.0 Å². The maximum atomic E-state index is 5.17. The quantitative estimate of drug-likeness (QED) is 0.766. The summed E-state index contributed by atoms with van der Waals surface area (Å²) < 4.78 is 0. The van der Waals surface area contributed by atoms with Crippen LogP contribution in [0, 0.1) is 6.92 Å². The van der Waals surface area contributed by atoms with Gasteiger partial charge in [-0.2, -0.15) is 0 Å². The number of likely N-dealkylation sites (N-methyl/N-ethyl adjacent to an activating group) is 1. The fraction of sp³-hybridized carbons (Fsp3) is 0.500. The van der Waals surface area contributed by atoms with Crippen LogP contribution < -0.4 is 10.8 Å². The maximum absolute atomic E-state index is 5.17. The summed E-state index contributed by atoms with van der Waals surface area (Å²) in [7, 11) is 0. The van der Waals surface area contributed by atoms with Gasteiger partial charge in [-0.05, 0) is 25.5 Å². The highest BCUT2D eigenvalue weighted by Crippen LogP contribution is 2.36. The Labute approximate surface area is 90.8 Å². The van der Waals surface area contributed by atoms with Gasteiger partial charge in [0.1, 0.15) is 0 Å². The van der Waals surface area contributed by atoms with E-state index < -0.39 is 0 Å². The Morgan fingerprint density at radius 3 is 3.00 bits per heavy atom. The molecular weight excluding hydrogens is 188 g/mol. The third-order valence-corrected chi connectivity index (χ3v) is 3.08. The SMILES string of the molecule is CCN1CC(CON)c2cc(C)ccc21. The molecule has 0 aliphatic carbocycles. The van der Waals surface area contributed by atoms with Crippen molar-refractivity contribution in [3.63, 3.8) is 0 Å². The van der Waals surface area contributed by atoms with E-state index in [0.29, 0.717) is 12.5 Å². The van der Waals surface area contributed by atoms with Crippen LogP contribution in [-0.2, 0) is 4.84 Å². The third-order valence-electron chi connectivity index (χ3n) is 3.08. The van der Waals surface area contributed by atoms with E-state index in [2.05, 4.69) is 36.9 Å². The van der Waals surface area contributed by atoms with E-state index in [1.54, 1.807) is 0 Å². The summed E-state index contributed by atoms with van der Waals surface area (Å²) in [5, 5.41) is 0. The molecule has 0 fully saturated rings. The highest BCUT2D eigenvalue weighted by atomic mass is 16.6. The van der Waals surface area contributed by atoms with Crippen molar-refractivity contribution < 1.29 is 4.84 Å². The van der Waals surface area contributed by atoms with Crippen molar-refractivity contribution in [2.75, 3.05) is 24.6 Å². The normalized spacial score (nSPS) is 19.4. The molecule has 1 aromatic carbocycles. The molecule has 0 saturated heterocycles. The monoisotopic (exact) mass is 206 g/mol. The fourth-order valence-corrected chi connectivity index (χ4v) is 2.31. The van der Waals surface area contributed by atoms with Crippen LogP contribution in [0.2, 0.25) is 0 Å². The van der Waals surface area contributed by atoms with E-state index in [-0.39, 0.29) is 0 Å². The minimum absolute atomic E-state index is 0.421. The molecule has 1 heterocycles. The molecule has 1 aromatic rings. The first-order chi connectivity index (χ1) is 7.26. The van der Waals surface area contributed by atoms with Crippen LogP contribution in [0.3, 0.4) is 0 Å². The van der Waals surface area contributed by atoms with Gasteiger partial charge in [-0.25, -0.2) is 5.90 Å². The summed E-state index contributed by atoms with van der Waals surface area (Å²) in [6, 6.07) is 6.60. The number of anilines is 1. The van der Waals surface area contributed by atoms with Crippen molar-refractivity contribution in [2.45, 2.75) is 19.8 Å². The molecule has 0 amide bonds. The molecule has 1 aliphatic rings. The van der Waals surface area contributed by atoms with Crippen molar-refractivity contribution in [3.8, 4) is 0 Å². The van der Waals surface area contributed by atoms with Gasteiger partial charge >= 0.3 is 0 Å². The molecule has 1 unspecified atom stereocenters. The lowest BCUT2D eigenvalue weighted by molar-refractivity contribution is 0.126. The topological polar surface area (TPSA) is 38.5 Å². The Balaban J connectivity index is 2.34. The van der Waals surface area contributed by atoms with Crippen molar-refractivity contribution >= 4 is 5.69 Å². The van der Waals surface area contributed by atoms with Crippen LogP contribution in [0.5, 0.6) is 0 Å². The van der Waals surface area contributed by atoms with Crippen LogP contribution >= 0.6 is 0 Å². The van der Waals surface area contributed by atoms with E-state index in [4.69, 9.17) is 10.7 Å². The van der Waals surface area contributed by atoms with Gasteiger partial charge in [0.15, 0.2) is 0 Å². The van der Waals surface area contributed by atoms with E-state index >= 15 is 0 Å². The second-order valence-corrected chi connectivity index (χ2v) is 4.13. The maximum Gasteiger partial charge on any atom is 0.0765 e. The van der Waals surface area contributed by atoms with Gasteiger partial charge in [0.2, 0.25) is 0 Å². The highest BCUT2D eigenvalue weighted by Gasteiger charge is 2.27. The van der Waals surface area contributed by atoms with Crippen molar-refractivity contribution in [1.82, 2.24) is 0 Å². The van der Waals surface area contributed by atoms with E-state index in [0.717, 1.165) is 13.1 Å². The third kappa shape index (κ3) is 1.85. The molecule has 2 N–H and O–H groups in total. The van der Waals surface area contributed by atoms with Gasteiger partial charge < -0.3 is 9.74 Å². The minimum Gasteiger partial charge on any atom is -0.371 e. The number of rotatable bonds is 3. The summed E-state index contributed by atoms with van der Waals surface area (Å²) in [6.07, 6.45) is 0. The minimum atomic E-state index is 0.421. The van der Waals surface area contributed by atoms with E-state index in [1.807, 2.05) is 0 Å². The van der Waals surface area contributed by atoms with Crippen molar-refractivity contribution in [1.29, 1.82) is 0 Å². The number of hydrogen-bond donors (Lipinski definition) is 1. The zero-order chi connectivity index (χ0) is 10.8. The number of hydrogen-bond acceptors (Lipinski definition) is 3. The smallest absolute Gasteiger partial charge is 0.0765 e. The molecule has 0 aromatic heterocycles. The number of nitrogens with zero attached hydrogens (tertiary/aromatic N) is 1. The number of nitrogens with two attached hydrogens (primary N) is 1. The van der Waals surface area contributed by atoms with E-state index in [1.165, 1.54) is 16.8 Å². The highest BCUT2D eigenvalue weighted by molar-refractivity contribution is 5.61. The Kier molecular flexibility index (Phi) is 2.93. The lowest BCUT2D eigenvalue weighted by Gasteiger charge is -2.16. The zero-order valence-electron chi connectivity index (χ0n) is 9.36. The Bertz CT molecular complexity index is 351. The lowest BCUT2D eigenvalue weighted by atomic mass is 10.0. The molecule has 0 spiro atoms. The molecule has 0 bridgehead atoms. The molecule has 0 radical (unpaired) electrons. The molecular formula is C12H18N2O. The van der Waals surface area contributed by atoms with Crippen LogP contribution in [0.25, 0.3) is 0 Å². The van der Waals surface area contributed by atoms with Gasteiger partial charge in [0, 0.05) is 24.7 Å². The first kappa shape index (κ1) is 10.5. The Morgan fingerprint density at radius 1 is 1.53 bits per heavy atom. The lowest BCUT2D eigenvalue weighted by Crippen LogP contribution is -2.23. The molecule has 15 heavy (non-hydrogen) atoms. The first-order valence-corrected chi connectivity index (χ1v) is 5.43. The summed E-state index contributed by atoms with van der Waals surface area (Å²) in [4.78, 5) is 7.16. The van der Waals surface area contributed by atoms with Crippen LogP contribution in [0.4, 0.5) is 5.69 Å². The fourth-order valence-electron chi connectivity index (χ4n) is 2.31. The van der Waals surface area contributed by atoms with Crippen LogP contribution in [0.15, 0.2) is 18.2 Å². The summed E-state index contributed by atoms with van der Waals surface area (Å²) >= 11 is 0. The molecule has 82 valence electrons. The molecule has 0 saturated carbocycles. The van der Waals surface area contributed by atoms with Crippen molar-refractivity contribution in [3.05, 3.63) is 29.3 Å². The first-order valence-electron chi connectivity index (χ1n) is 5.43. The molecule has 1 atom stereocenters. The van der Waals surface area contributed by atoms with E-state index in [9.17, 15) is 0 Å². The summed E-state index contributed by atoms with van der Waals surface area (Å²) in [6.45, 7) is 6.96. The molecule has 3 nitrogen and oxygen atoms in total. The number of benzene rings is 1. The van der Waals surface area contributed by atoms with Gasteiger partial charge in [0.25, 0.3) is 0 Å². The van der Waals surface area contributed by atoms with Gasteiger partial charge in [-0.15, -0.1) is 0 Å². The molecule has 2 rings (SSSR count). The van der Waals surface area contributed by atoms with Gasteiger partial charge in [0.05, 0.1) is 6.61 Å². The Hall–Kier alpha value is -1.06. The summed E-state index contributed by atoms with van der Waals surface area (Å²) in [5.41, 5.74) is 4.01. The molecule has 3 heteroatoms. The van der Waals surface area contributed by atoms with Gasteiger partial charge in [-0.1, -0.05) is 17.7 Å². The standard InChI is InChI=1S/C12H18N2O/c1-3-14-7-10(8-15-13)11-6-9(2)4-5-12(11)14/h4-6,10H,3,7-8,13H2,1-2H3. The predicted molar refractivity (Wildman–Crippen MR) is 61.9 cm³/mol. The second kappa shape index (κ2) is 4.21. The average Bonchev–Trinajstić information content (AvgIpc) is 2.57. The number of aryl methyl sites for hydroxylation is 1. The van der Waals surface area contributed by atoms with Crippen molar-refractivity contribution in [2.24, 2.45) is 5.90 Å². The summed E-state index contributed by atoms with van der Waals surface area (Å²) in [5.74, 6) is 5.59. The molecule has 1 aliphatic heterocycles. The zero-order valence-corrected chi connectivity index (χ0v) is 9.36. The van der Waals surface area contributed by atoms with Gasteiger partial charge in [-0.3, -0.25) is 0 Å². The Morgan fingerprint density at radius 2 is 2.33 bits per heavy atom. The predicted octanol–water partition coefficient (Wildman–Crippen LogP) is 1.81. The largest absolute Gasteiger partial charge is 0.371 e. The average molecular weight is 206 g/mol. The number of fused-ring (bicyclic) bond motifs is 1.